The van der Waals surface area contributed by atoms with E-state index in [1.165, 1.54) is 50.1 Å². The molecule has 0 atom stereocenters. The number of carbonyl (C=O) groups is 1. The first-order valence-electron chi connectivity index (χ1n) is 21.2. The van der Waals surface area contributed by atoms with Crippen LogP contribution in [0, 0.1) is 50.5 Å². The van der Waals surface area contributed by atoms with Gasteiger partial charge in [0.2, 0.25) is 0 Å². The van der Waals surface area contributed by atoms with E-state index in [-0.39, 0.29) is 55.6 Å². The topological polar surface area (TPSA) is 59.4 Å². The van der Waals surface area contributed by atoms with Crippen LogP contribution in [0.2, 0.25) is 0 Å². The van der Waals surface area contributed by atoms with E-state index < -0.39 is 0 Å². The van der Waals surface area contributed by atoms with Gasteiger partial charge in [0.25, 0.3) is 6.71 Å². The number of aliphatic hydroxyl groups is 1. The van der Waals surface area contributed by atoms with E-state index in [0.29, 0.717) is 11.8 Å². The Hall–Kier alpha value is -4.51. The zero-order valence-corrected chi connectivity index (χ0v) is 39.5. The molecule has 2 heterocycles. The van der Waals surface area contributed by atoms with Crippen molar-refractivity contribution in [3.8, 4) is 22.8 Å². The summed E-state index contributed by atoms with van der Waals surface area (Å²) in [4.78, 5) is 17.1. The van der Waals surface area contributed by atoms with Gasteiger partial charge in [-0.3, -0.25) is 9.78 Å². The number of aromatic nitrogens is 1. The Labute approximate surface area is 367 Å². The molecule has 59 heavy (non-hydrogen) atoms. The summed E-state index contributed by atoms with van der Waals surface area (Å²) in [5, 5.41) is 13.5. The van der Waals surface area contributed by atoms with Crippen molar-refractivity contribution in [1.82, 2.24) is 4.98 Å². The molecule has 1 aromatic heterocycles. The Bertz CT molecular complexity index is 2460. The molecule has 0 saturated carbocycles. The Kier molecular flexibility index (Phi) is 14.5. The quantitative estimate of drug-likeness (QED) is 0.0678. The van der Waals surface area contributed by atoms with Crippen LogP contribution < -0.4 is 21.1 Å². The predicted molar refractivity (Wildman–Crippen MR) is 247 cm³/mol. The molecule has 309 valence electrons. The van der Waals surface area contributed by atoms with Crippen LogP contribution in [-0.2, 0) is 30.3 Å². The number of ketones is 1. The monoisotopic (exact) mass is 963 g/mol. The molecule has 1 aliphatic rings. The second-order valence-corrected chi connectivity index (χ2v) is 18.0. The molecule has 6 aromatic rings. The van der Waals surface area contributed by atoms with Gasteiger partial charge < -0.3 is 9.84 Å². The van der Waals surface area contributed by atoms with E-state index >= 15 is 0 Å². The Morgan fingerprint density at radius 1 is 0.814 bits per heavy atom. The smallest absolute Gasteiger partial charge is 0.251 e. The maximum atomic E-state index is 11.9. The Morgan fingerprint density at radius 3 is 2.07 bits per heavy atom. The molecule has 0 amide bonds. The predicted octanol–water partition coefficient (Wildman–Crippen LogP) is 12.1. The van der Waals surface area contributed by atoms with Gasteiger partial charge >= 0.3 is 0 Å². The third kappa shape index (κ3) is 9.61. The van der Waals surface area contributed by atoms with Crippen LogP contribution in [0.4, 0.5) is 0 Å². The van der Waals surface area contributed by atoms with Gasteiger partial charge in [-0.25, -0.2) is 0 Å². The van der Waals surface area contributed by atoms with Crippen molar-refractivity contribution in [3.05, 3.63) is 131 Å². The van der Waals surface area contributed by atoms with Gasteiger partial charge in [-0.2, -0.15) is 0 Å². The van der Waals surface area contributed by atoms with Crippen LogP contribution in [0.3, 0.4) is 0 Å². The molecule has 0 unspecified atom stereocenters. The first-order chi connectivity index (χ1) is 27.5. The van der Waals surface area contributed by atoms with E-state index in [4.69, 9.17) is 9.72 Å². The van der Waals surface area contributed by atoms with Gasteiger partial charge in [0.1, 0.15) is 11.5 Å². The molecule has 0 aliphatic carbocycles. The normalized spacial score (nSPS) is 12.7. The van der Waals surface area contributed by atoms with Gasteiger partial charge in [-0.05, 0) is 73.9 Å². The second kappa shape index (κ2) is 18.8. The van der Waals surface area contributed by atoms with Crippen LogP contribution in [0.15, 0.2) is 103 Å². The second-order valence-electron chi connectivity index (χ2n) is 18.0. The van der Waals surface area contributed by atoms with E-state index in [1.54, 1.807) is 0 Å². The minimum absolute atomic E-state index is 0. The Balaban J connectivity index is 0.000000314. The van der Waals surface area contributed by atoms with E-state index in [9.17, 15) is 9.90 Å². The van der Waals surface area contributed by atoms with Gasteiger partial charge in [0, 0.05) is 49.1 Å². The SMILES string of the molecule is CCC(CC)C(=O)/C=C(\O)C(C(C)C)C(C)C.Cc1cc(C)c(B2c3ccccc3Oc3c2ccc2nc(-c4[c-]c5ccccc5c(C(C)(C)C)c4)ccc32)c(C)c1.[Ir]. The number of hydrogen-bond acceptors (Lipinski definition) is 4. The minimum Gasteiger partial charge on any atom is -0.512 e. The zero-order chi connectivity index (χ0) is 42.1. The number of ether oxygens (including phenoxy) is 1. The van der Waals surface area contributed by atoms with Crippen molar-refractivity contribution in [3.63, 3.8) is 0 Å². The first-order valence-corrected chi connectivity index (χ1v) is 21.2. The van der Waals surface area contributed by atoms with Gasteiger partial charge in [-0.15, -0.1) is 29.1 Å². The molecule has 1 aliphatic heterocycles. The zero-order valence-electron chi connectivity index (χ0n) is 37.1. The first kappa shape index (κ1) is 45.6. The summed E-state index contributed by atoms with van der Waals surface area (Å²) in [5.41, 5.74) is 11.8. The molecule has 0 saturated heterocycles. The summed E-state index contributed by atoms with van der Waals surface area (Å²) in [6.45, 7) is 25.9. The molecule has 0 fully saturated rings. The number of para-hydroxylation sites is 1. The van der Waals surface area contributed by atoms with Crippen LogP contribution in [-0.4, -0.2) is 22.6 Å². The summed E-state index contributed by atoms with van der Waals surface area (Å²) in [7, 11) is 0. The number of carbonyl (C=O) groups excluding carboxylic acids is 1. The van der Waals surface area contributed by atoms with Crippen LogP contribution >= 0.6 is 0 Å². The van der Waals surface area contributed by atoms with Crippen molar-refractivity contribution in [1.29, 1.82) is 0 Å². The van der Waals surface area contributed by atoms with Crippen LogP contribution in [0.5, 0.6) is 11.5 Å². The summed E-state index contributed by atoms with van der Waals surface area (Å²) < 4.78 is 6.67. The fourth-order valence-corrected chi connectivity index (χ4v) is 9.22. The third-order valence-corrected chi connectivity index (χ3v) is 11.9. The number of rotatable bonds is 9. The third-order valence-electron chi connectivity index (χ3n) is 11.9. The number of nitrogens with zero attached hydrogens (tertiary/aromatic N) is 1. The number of aryl methyl sites for hydroxylation is 3. The summed E-state index contributed by atoms with van der Waals surface area (Å²) in [6, 6.07) is 36.2. The maximum Gasteiger partial charge on any atom is 0.251 e. The molecule has 5 aromatic carbocycles. The maximum absolute atomic E-state index is 11.9. The minimum atomic E-state index is 0. The van der Waals surface area contributed by atoms with Crippen LogP contribution in [0.25, 0.3) is 32.9 Å². The van der Waals surface area contributed by atoms with Crippen molar-refractivity contribution in [2.75, 3.05) is 0 Å². The van der Waals surface area contributed by atoms with Gasteiger partial charge in [0.05, 0.1) is 11.3 Å². The van der Waals surface area contributed by atoms with Gasteiger partial charge in [0.15, 0.2) is 5.78 Å². The van der Waals surface area contributed by atoms with E-state index in [1.807, 2.05) is 13.8 Å². The summed E-state index contributed by atoms with van der Waals surface area (Å²) in [5.74, 6) is 2.97. The number of benzene rings is 5. The molecule has 0 spiro atoms. The molecular formula is C53H61BIrNO3-. The van der Waals surface area contributed by atoms with Crippen molar-refractivity contribution >= 4 is 50.6 Å². The number of allylic oxidation sites excluding steroid dienone is 2. The number of aliphatic hydroxyl groups excluding tert-OH is 1. The molecule has 6 heteroatoms. The largest absolute Gasteiger partial charge is 0.512 e. The fraction of sp³-hybridized carbons (Fsp3) is 0.358. The molecule has 1 radical (unpaired) electrons. The average molecular weight is 963 g/mol. The molecule has 1 N–H and O–H groups in total. The van der Waals surface area contributed by atoms with Gasteiger partial charge in [-0.1, -0.05) is 162 Å². The number of fused-ring (bicyclic) bond motifs is 5. The Morgan fingerprint density at radius 2 is 1.44 bits per heavy atom. The molecular weight excluding hydrogens is 902 g/mol. The molecule has 0 bridgehead atoms. The van der Waals surface area contributed by atoms with Crippen molar-refractivity contribution in [2.24, 2.45) is 23.7 Å². The number of hydrogen-bond donors (Lipinski definition) is 1. The van der Waals surface area contributed by atoms with E-state index in [2.05, 4.69) is 166 Å². The van der Waals surface area contributed by atoms with E-state index in [0.717, 1.165) is 51.9 Å². The van der Waals surface area contributed by atoms with Crippen molar-refractivity contribution < 1.29 is 34.7 Å². The van der Waals surface area contributed by atoms with Crippen LogP contribution in [0.1, 0.15) is 97.4 Å². The molecule has 4 nitrogen and oxygen atoms in total. The summed E-state index contributed by atoms with van der Waals surface area (Å²) >= 11 is 0. The summed E-state index contributed by atoms with van der Waals surface area (Å²) in [6.07, 6.45) is 3.14. The number of pyridine rings is 1. The standard InChI is InChI=1S/C38H33BNO.C15H28O2.Ir/c1-23-19-24(2)36(25(3)20-23)39-31-13-9-10-14-35(31)41-37-29-15-17-33(40-34(29)18-16-32(37)39)27-21-26-11-7-8-12-28(26)30(22-27)38(4,5)6;1-7-12(8-2)13(16)9-14(17)15(10(3)4)11(5)6;/h7-20,22H,1-6H3;9-12,15,17H,7-8H2,1-6H3;/q-1;;/b;14-9-;. The molecule has 7 rings (SSSR count). The fourth-order valence-electron chi connectivity index (χ4n) is 9.22. The van der Waals surface area contributed by atoms with Crippen molar-refractivity contribution in [2.45, 2.75) is 101 Å². The average Bonchev–Trinajstić information content (AvgIpc) is 3.16.